The zero-order valence-corrected chi connectivity index (χ0v) is 11.7. The summed E-state index contributed by atoms with van der Waals surface area (Å²) in [7, 11) is -1.96. The predicted molar refractivity (Wildman–Crippen MR) is 73.2 cm³/mol. The zero-order chi connectivity index (χ0) is 14.8. The molecule has 0 aliphatic rings. The molecule has 1 aromatic carbocycles. The van der Waals surface area contributed by atoms with Gasteiger partial charge in [0.2, 0.25) is 0 Å². The Labute approximate surface area is 115 Å². The molecular formula is C12H13N3O4S. The summed E-state index contributed by atoms with van der Waals surface area (Å²) < 4.78 is 27.2. The number of nitrogens with zero attached hydrogens (tertiary/aromatic N) is 1. The Morgan fingerprint density at radius 3 is 2.50 bits per heavy atom. The molecule has 1 aromatic heterocycles. The summed E-state index contributed by atoms with van der Waals surface area (Å²) in [5.41, 5.74) is 1.40. The third-order valence-electron chi connectivity index (χ3n) is 2.59. The van der Waals surface area contributed by atoms with Crippen LogP contribution >= 0.6 is 0 Å². The fourth-order valence-electron chi connectivity index (χ4n) is 1.57. The topological polar surface area (TPSA) is 101 Å². The number of carbonyl (C=O) groups excluding carboxylic acids is 1. The van der Waals surface area contributed by atoms with Gasteiger partial charge < -0.3 is 4.74 Å². The standard InChI is InChI=1S/C12H13N3O4S/c1-19-12(16)13-11-7-10(14-15-11)8-3-5-9(6-4-8)20(2,17)18/h3-7H,1-2H3,(H2,13,14,15,16). The van der Waals surface area contributed by atoms with Gasteiger partial charge in [0.1, 0.15) is 0 Å². The van der Waals surface area contributed by atoms with E-state index in [1.54, 1.807) is 18.2 Å². The summed E-state index contributed by atoms with van der Waals surface area (Å²) in [6.07, 6.45) is 0.534. The molecule has 0 saturated heterocycles. The second-order valence-corrected chi connectivity index (χ2v) is 6.10. The summed E-state index contributed by atoms with van der Waals surface area (Å²) in [6.45, 7) is 0. The van der Waals surface area contributed by atoms with E-state index < -0.39 is 15.9 Å². The van der Waals surface area contributed by atoms with Gasteiger partial charge in [-0.2, -0.15) is 5.10 Å². The zero-order valence-electron chi connectivity index (χ0n) is 10.9. The Morgan fingerprint density at radius 2 is 1.95 bits per heavy atom. The maximum atomic E-state index is 11.4. The molecule has 2 rings (SSSR count). The second kappa shape index (κ2) is 5.33. The highest BCUT2D eigenvalue weighted by molar-refractivity contribution is 7.90. The summed E-state index contributed by atoms with van der Waals surface area (Å²) in [4.78, 5) is 11.3. The van der Waals surface area contributed by atoms with Crippen molar-refractivity contribution in [1.82, 2.24) is 10.2 Å². The van der Waals surface area contributed by atoms with Gasteiger partial charge in [-0.15, -0.1) is 0 Å². The first-order valence-electron chi connectivity index (χ1n) is 5.61. The van der Waals surface area contributed by atoms with Crippen molar-refractivity contribution in [2.45, 2.75) is 4.90 Å². The summed E-state index contributed by atoms with van der Waals surface area (Å²) >= 11 is 0. The molecule has 2 aromatic rings. The minimum Gasteiger partial charge on any atom is -0.453 e. The minimum absolute atomic E-state index is 0.244. The van der Waals surface area contributed by atoms with Gasteiger partial charge in [0, 0.05) is 12.3 Å². The Balaban J connectivity index is 2.22. The number of carbonyl (C=O) groups is 1. The van der Waals surface area contributed by atoms with E-state index in [0.29, 0.717) is 11.5 Å². The number of methoxy groups -OCH3 is 1. The van der Waals surface area contributed by atoms with Crippen LogP contribution < -0.4 is 5.32 Å². The Hall–Kier alpha value is -2.35. The molecule has 7 nitrogen and oxygen atoms in total. The summed E-state index contributed by atoms with van der Waals surface area (Å²) in [6, 6.07) is 7.96. The number of ether oxygens (including phenoxy) is 1. The highest BCUT2D eigenvalue weighted by Gasteiger charge is 2.09. The van der Waals surface area contributed by atoms with Crippen molar-refractivity contribution in [3.63, 3.8) is 0 Å². The molecule has 106 valence electrons. The number of aromatic amines is 1. The smallest absolute Gasteiger partial charge is 0.412 e. The van der Waals surface area contributed by atoms with E-state index in [-0.39, 0.29) is 4.90 Å². The number of benzene rings is 1. The molecular weight excluding hydrogens is 282 g/mol. The van der Waals surface area contributed by atoms with Crippen LogP contribution in [0.5, 0.6) is 0 Å². The van der Waals surface area contributed by atoms with Gasteiger partial charge in [-0.1, -0.05) is 12.1 Å². The number of H-pyrrole nitrogens is 1. The Kier molecular flexibility index (Phi) is 3.75. The summed E-state index contributed by atoms with van der Waals surface area (Å²) in [5.74, 6) is 0.319. The molecule has 0 atom stereocenters. The van der Waals surface area contributed by atoms with Crippen LogP contribution in [-0.2, 0) is 14.6 Å². The van der Waals surface area contributed by atoms with E-state index in [0.717, 1.165) is 11.8 Å². The van der Waals surface area contributed by atoms with Crippen LogP contribution in [0.4, 0.5) is 10.6 Å². The highest BCUT2D eigenvalue weighted by Crippen LogP contribution is 2.21. The molecule has 0 bridgehead atoms. The molecule has 0 unspecified atom stereocenters. The molecule has 8 heteroatoms. The third-order valence-corrected chi connectivity index (χ3v) is 3.72. The van der Waals surface area contributed by atoms with E-state index in [1.807, 2.05) is 0 Å². The number of rotatable bonds is 3. The van der Waals surface area contributed by atoms with Gasteiger partial charge in [-0.05, 0) is 17.7 Å². The molecule has 1 heterocycles. The number of aromatic nitrogens is 2. The minimum atomic E-state index is -3.22. The molecule has 0 spiro atoms. The number of sulfone groups is 1. The van der Waals surface area contributed by atoms with Crippen molar-refractivity contribution in [2.75, 3.05) is 18.7 Å². The lowest BCUT2D eigenvalue weighted by Gasteiger charge is -2.00. The maximum Gasteiger partial charge on any atom is 0.412 e. The quantitative estimate of drug-likeness (QED) is 0.896. The van der Waals surface area contributed by atoms with Crippen LogP contribution in [0.3, 0.4) is 0 Å². The molecule has 20 heavy (non-hydrogen) atoms. The van der Waals surface area contributed by atoms with Gasteiger partial charge in [-0.25, -0.2) is 13.2 Å². The fourth-order valence-corrected chi connectivity index (χ4v) is 2.20. The van der Waals surface area contributed by atoms with Gasteiger partial charge in [-0.3, -0.25) is 10.4 Å². The number of anilines is 1. The normalized spacial score (nSPS) is 11.1. The van der Waals surface area contributed by atoms with E-state index in [1.165, 1.54) is 19.2 Å². The van der Waals surface area contributed by atoms with Gasteiger partial charge >= 0.3 is 6.09 Å². The molecule has 0 radical (unpaired) electrons. The molecule has 0 fully saturated rings. The van der Waals surface area contributed by atoms with Crippen LogP contribution in [0, 0.1) is 0 Å². The Morgan fingerprint density at radius 1 is 1.30 bits per heavy atom. The van der Waals surface area contributed by atoms with E-state index >= 15 is 0 Å². The highest BCUT2D eigenvalue weighted by atomic mass is 32.2. The SMILES string of the molecule is COC(=O)Nc1cc(-c2ccc(S(C)(=O)=O)cc2)[nH]n1. The van der Waals surface area contributed by atoms with E-state index in [9.17, 15) is 13.2 Å². The van der Waals surface area contributed by atoms with Crippen LogP contribution in [0.15, 0.2) is 35.2 Å². The number of nitrogens with one attached hydrogen (secondary N) is 2. The van der Waals surface area contributed by atoms with Crippen molar-refractivity contribution >= 4 is 21.7 Å². The molecule has 0 aliphatic heterocycles. The summed E-state index contributed by atoms with van der Waals surface area (Å²) in [5, 5.41) is 9.05. The van der Waals surface area contributed by atoms with Gasteiger partial charge in [0.25, 0.3) is 0 Å². The van der Waals surface area contributed by atoms with E-state index in [2.05, 4.69) is 20.3 Å². The molecule has 2 N–H and O–H groups in total. The monoisotopic (exact) mass is 295 g/mol. The van der Waals surface area contributed by atoms with Crippen LogP contribution in [0.2, 0.25) is 0 Å². The lowest BCUT2D eigenvalue weighted by atomic mass is 10.1. The number of amides is 1. The lowest BCUT2D eigenvalue weighted by molar-refractivity contribution is 0.187. The van der Waals surface area contributed by atoms with Crippen molar-refractivity contribution in [2.24, 2.45) is 0 Å². The van der Waals surface area contributed by atoms with Crippen molar-refractivity contribution in [3.8, 4) is 11.3 Å². The molecule has 0 saturated carbocycles. The van der Waals surface area contributed by atoms with Crippen molar-refractivity contribution in [1.29, 1.82) is 0 Å². The first kappa shape index (κ1) is 14.1. The average Bonchev–Trinajstić information content (AvgIpc) is 2.86. The average molecular weight is 295 g/mol. The van der Waals surface area contributed by atoms with Crippen LogP contribution in [0.1, 0.15) is 0 Å². The number of hydrogen-bond acceptors (Lipinski definition) is 5. The first-order valence-corrected chi connectivity index (χ1v) is 7.50. The maximum absolute atomic E-state index is 11.4. The largest absolute Gasteiger partial charge is 0.453 e. The molecule has 1 amide bonds. The first-order chi connectivity index (χ1) is 9.40. The van der Waals surface area contributed by atoms with Gasteiger partial charge in [0.05, 0.1) is 17.7 Å². The number of hydrogen-bond donors (Lipinski definition) is 2. The lowest BCUT2D eigenvalue weighted by Crippen LogP contribution is -2.10. The van der Waals surface area contributed by atoms with Crippen molar-refractivity contribution < 1.29 is 17.9 Å². The fraction of sp³-hybridized carbons (Fsp3) is 0.167. The second-order valence-electron chi connectivity index (χ2n) is 4.08. The van der Waals surface area contributed by atoms with Gasteiger partial charge in [0.15, 0.2) is 15.7 Å². The predicted octanol–water partition coefficient (Wildman–Crippen LogP) is 1.66. The van der Waals surface area contributed by atoms with Crippen LogP contribution in [-0.4, -0.2) is 38.1 Å². The van der Waals surface area contributed by atoms with Crippen molar-refractivity contribution in [3.05, 3.63) is 30.3 Å². The molecule has 0 aliphatic carbocycles. The Bertz CT molecular complexity index is 719. The third kappa shape index (κ3) is 3.15. The van der Waals surface area contributed by atoms with Crippen LogP contribution in [0.25, 0.3) is 11.3 Å². The van der Waals surface area contributed by atoms with E-state index in [4.69, 9.17) is 0 Å².